The predicted molar refractivity (Wildman–Crippen MR) is 76.7 cm³/mol. The van der Waals surface area contributed by atoms with Gasteiger partial charge in [0.1, 0.15) is 11.5 Å². The topological polar surface area (TPSA) is 30.5 Å². The minimum Gasteiger partial charge on any atom is -0.497 e. The molecule has 0 aliphatic carbocycles. The van der Waals surface area contributed by atoms with Crippen molar-refractivity contribution in [3.63, 3.8) is 0 Å². The van der Waals surface area contributed by atoms with Gasteiger partial charge in [0.15, 0.2) is 0 Å². The summed E-state index contributed by atoms with van der Waals surface area (Å²) in [5.41, 5.74) is 1.20. The summed E-state index contributed by atoms with van der Waals surface area (Å²) < 4.78 is 10.5. The van der Waals surface area contributed by atoms with Gasteiger partial charge in [-0.1, -0.05) is 0 Å². The van der Waals surface area contributed by atoms with Crippen molar-refractivity contribution in [2.24, 2.45) is 0 Å². The average Bonchev–Trinajstić information content (AvgIpc) is 2.91. The molecule has 0 saturated carbocycles. The third kappa shape index (κ3) is 3.82. The first-order valence-electron chi connectivity index (χ1n) is 6.36. The van der Waals surface area contributed by atoms with Crippen LogP contribution < -0.4 is 14.8 Å². The highest BCUT2D eigenvalue weighted by atomic mass is 32.2. The SMILES string of the molecule is COc1cc(CNCC2CCCS2)cc(OC)c1. The van der Waals surface area contributed by atoms with E-state index in [4.69, 9.17) is 9.47 Å². The maximum Gasteiger partial charge on any atom is 0.122 e. The van der Waals surface area contributed by atoms with Crippen molar-refractivity contribution in [3.8, 4) is 11.5 Å². The third-order valence-electron chi connectivity index (χ3n) is 3.14. The zero-order valence-electron chi connectivity index (χ0n) is 11.1. The summed E-state index contributed by atoms with van der Waals surface area (Å²) in [7, 11) is 3.36. The second kappa shape index (κ2) is 6.90. The summed E-state index contributed by atoms with van der Waals surface area (Å²) >= 11 is 2.08. The summed E-state index contributed by atoms with van der Waals surface area (Å²) in [4.78, 5) is 0. The molecule has 18 heavy (non-hydrogen) atoms. The van der Waals surface area contributed by atoms with Crippen molar-refractivity contribution in [3.05, 3.63) is 23.8 Å². The first-order chi connectivity index (χ1) is 8.81. The molecule has 0 amide bonds. The minimum atomic E-state index is 0.789. The van der Waals surface area contributed by atoms with Gasteiger partial charge in [-0.3, -0.25) is 0 Å². The Balaban J connectivity index is 1.87. The van der Waals surface area contributed by atoms with E-state index in [1.54, 1.807) is 14.2 Å². The molecule has 0 spiro atoms. The molecule has 0 aromatic heterocycles. The Labute approximate surface area is 113 Å². The maximum absolute atomic E-state index is 5.27. The molecule has 3 nitrogen and oxygen atoms in total. The Bertz CT molecular complexity index is 356. The van der Waals surface area contributed by atoms with Crippen molar-refractivity contribution < 1.29 is 9.47 Å². The number of rotatable bonds is 6. The fraction of sp³-hybridized carbons (Fsp3) is 0.571. The zero-order valence-corrected chi connectivity index (χ0v) is 11.9. The number of thioether (sulfide) groups is 1. The second-order valence-electron chi connectivity index (χ2n) is 4.49. The molecular formula is C14H21NO2S. The monoisotopic (exact) mass is 267 g/mol. The highest BCUT2D eigenvalue weighted by Gasteiger charge is 2.14. The van der Waals surface area contributed by atoms with E-state index in [9.17, 15) is 0 Å². The van der Waals surface area contributed by atoms with Crippen molar-refractivity contribution >= 4 is 11.8 Å². The van der Waals surface area contributed by atoms with Gasteiger partial charge in [-0.05, 0) is 36.3 Å². The van der Waals surface area contributed by atoms with Crippen molar-refractivity contribution in [2.75, 3.05) is 26.5 Å². The van der Waals surface area contributed by atoms with E-state index < -0.39 is 0 Å². The molecule has 1 unspecified atom stereocenters. The molecule has 1 aromatic rings. The normalized spacial score (nSPS) is 18.9. The number of benzene rings is 1. The van der Waals surface area contributed by atoms with Crippen LogP contribution in [0.15, 0.2) is 18.2 Å². The second-order valence-corrected chi connectivity index (χ2v) is 5.90. The van der Waals surface area contributed by atoms with Crippen LogP contribution in [0.25, 0.3) is 0 Å². The van der Waals surface area contributed by atoms with Crippen LogP contribution in [0.5, 0.6) is 11.5 Å². The molecule has 1 aliphatic heterocycles. The van der Waals surface area contributed by atoms with E-state index in [0.29, 0.717) is 0 Å². The van der Waals surface area contributed by atoms with Gasteiger partial charge >= 0.3 is 0 Å². The molecule has 1 heterocycles. The van der Waals surface area contributed by atoms with Crippen LogP contribution in [0.3, 0.4) is 0 Å². The van der Waals surface area contributed by atoms with E-state index in [2.05, 4.69) is 29.2 Å². The summed E-state index contributed by atoms with van der Waals surface area (Å²) in [5, 5.41) is 4.30. The van der Waals surface area contributed by atoms with Crippen LogP contribution in [0, 0.1) is 0 Å². The van der Waals surface area contributed by atoms with Crippen molar-refractivity contribution in [1.29, 1.82) is 0 Å². The molecule has 1 atom stereocenters. The highest BCUT2D eigenvalue weighted by Crippen LogP contribution is 2.26. The Hall–Kier alpha value is -0.870. The lowest BCUT2D eigenvalue weighted by molar-refractivity contribution is 0.393. The molecule has 1 aromatic carbocycles. The Kier molecular flexibility index (Phi) is 5.20. The van der Waals surface area contributed by atoms with E-state index >= 15 is 0 Å². The van der Waals surface area contributed by atoms with Crippen LogP contribution in [0.2, 0.25) is 0 Å². The van der Waals surface area contributed by atoms with Gasteiger partial charge < -0.3 is 14.8 Å². The summed E-state index contributed by atoms with van der Waals surface area (Å²) in [6, 6.07) is 6.00. The molecule has 1 saturated heterocycles. The maximum atomic E-state index is 5.27. The van der Waals surface area contributed by atoms with E-state index in [1.807, 2.05) is 6.07 Å². The number of hydrogen-bond acceptors (Lipinski definition) is 4. The van der Waals surface area contributed by atoms with Crippen LogP contribution in [0.1, 0.15) is 18.4 Å². The quantitative estimate of drug-likeness (QED) is 0.858. The lowest BCUT2D eigenvalue weighted by Gasteiger charge is -2.12. The largest absolute Gasteiger partial charge is 0.497 e. The van der Waals surface area contributed by atoms with Crippen LogP contribution in [0.4, 0.5) is 0 Å². The van der Waals surface area contributed by atoms with Gasteiger partial charge in [-0.15, -0.1) is 0 Å². The highest BCUT2D eigenvalue weighted by molar-refractivity contribution is 8.00. The Morgan fingerprint density at radius 1 is 1.22 bits per heavy atom. The first-order valence-corrected chi connectivity index (χ1v) is 7.41. The molecule has 0 bridgehead atoms. The van der Waals surface area contributed by atoms with Gasteiger partial charge in [0.2, 0.25) is 0 Å². The number of methoxy groups -OCH3 is 2. The molecule has 1 N–H and O–H groups in total. The fourth-order valence-corrected chi connectivity index (χ4v) is 3.39. The van der Waals surface area contributed by atoms with Gasteiger partial charge in [-0.2, -0.15) is 11.8 Å². The minimum absolute atomic E-state index is 0.789. The summed E-state index contributed by atoms with van der Waals surface area (Å²) in [6.45, 7) is 1.95. The van der Waals surface area contributed by atoms with Gasteiger partial charge in [0.05, 0.1) is 14.2 Å². The summed E-state index contributed by atoms with van der Waals surface area (Å²) in [6.07, 6.45) is 2.71. The predicted octanol–water partition coefficient (Wildman–Crippen LogP) is 2.69. The number of nitrogens with one attached hydrogen (secondary N) is 1. The van der Waals surface area contributed by atoms with Crippen molar-refractivity contribution in [1.82, 2.24) is 5.32 Å². The molecular weight excluding hydrogens is 246 g/mol. The fourth-order valence-electron chi connectivity index (χ4n) is 2.15. The molecule has 100 valence electrons. The van der Waals surface area contributed by atoms with E-state index in [1.165, 1.54) is 24.2 Å². The van der Waals surface area contributed by atoms with Crippen molar-refractivity contribution in [2.45, 2.75) is 24.6 Å². The molecule has 0 radical (unpaired) electrons. The van der Waals surface area contributed by atoms with E-state index in [0.717, 1.165) is 29.8 Å². The lowest BCUT2D eigenvalue weighted by atomic mass is 10.2. The average molecular weight is 267 g/mol. The Morgan fingerprint density at radius 2 is 1.94 bits per heavy atom. The standard InChI is InChI=1S/C14H21NO2S/c1-16-12-6-11(7-13(8-12)17-2)9-15-10-14-4-3-5-18-14/h6-8,14-15H,3-5,9-10H2,1-2H3. The van der Waals surface area contributed by atoms with Crippen LogP contribution in [-0.2, 0) is 6.54 Å². The first kappa shape index (κ1) is 13.6. The molecule has 4 heteroatoms. The Morgan fingerprint density at radius 3 is 2.50 bits per heavy atom. The van der Waals surface area contributed by atoms with Gasteiger partial charge in [0.25, 0.3) is 0 Å². The van der Waals surface area contributed by atoms with Crippen LogP contribution in [-0.4, -0.2) is 31.8 Å². The van der Waals surface area contributed by atoms with E-state index in [-0.39, 0.29) is 0 Å². The number of ether oxygens (including phenoxy) is 2. The third-order valence-corrected chi connectivity index (χ3v) is 4.53. The number of hydrogen-bond donors (Lipinski definition) is 1. The van der Waals surface area contributed by atoms with Crippen LogP contribution >= 0.6 is 11.8 Å². The molecule has 1 aliphatic rings. The smallest absolute Gasteiger partial charge is 0.122 e. The molecule has 1 fully saturated rings. The zero-order chi connectivity index (χ0) is 12.8. The van der Waals surface area contributed by atoms with Gasteiger partial charge in [0, 0.05) is 24.4 Å². The van der Waals surface area contributed by atoms with Gasteiger partial charge in [-0.25, -0.2) is 0 Å². The lowest BCUT2D eigenvalue weighted by Crippen LogP contribution is -2.22. The molecule has 2 rings (SSSR count). The summed E-state index contributed by atoms with van der Waals surface area (Å²) in [5.74, 6) is 3.02.